The molecule has 0 N–H and O–H groups in total. The fraction of sp³-hybridized carbons (Fsp3) is 0.917. The maximum Gasteiger partial charge on any atom is 0.151 e. The van der Waals surface area contributed by atoms with Gasteiger partial charge in [0.25, 0.3) is 0 Å². The third-order valence-electron chi connectivity index (χ3n) is 3.65. The highest BCUT2D eigenvalue weighted by Crippen LogP contribution is 2.17. The fourth-order valence-electron chi connectivity index (χ4n) is 2.77. The number of nitrogens with zero attached hydrogens (tertiary/aromatic N) is 2. The van der Waals surface area contributed by atoms with Gasteiger partial charge in [-0.05, 0) is 25.7 Å². The van der Waals surface area contributed by atoms with Crippen LogP contribution in [-0.2, 0) is 4.79 Å². The number of piperidine rings is 2. The van der Waals surface area contributed by atoms with E-state index in [9.17, 15) is 4.79 Å². The monoisotopic (exact) mass is 210 g/mol. The SMILES string of the molecule is O=CC(N1CCCCC1)N1CCCCC1. The van der Waals surface area contributed by atoms with E-state index in [-0.39, 0.29) is 6.17 Å². The van der Waals surface area contributed by atoms with Crippen LogP contribution in [0.4, 0.5) is 0 Å². The smallest absolute Gasteiger partial charge is 0.151 e. The van der Waals surface area contributed by atoms with Crippen LogP contribution in [0.2, 0.25) is 0 Å². The second-order valence-corrected chi connectivity index (χ2v) is 4.74. The van der Waals surface area contributed by atoms with Crippen LogP contribution >= 0.6 is 0 Å². The summed E-state index contributed by atoms with van der Waals surface area (Å²) >= 11 is 0. The Morgan fingerprint density at radius 1 is 0.733 bits per heavy atom. The number of hydrogen-bond donors (Lipinski definition) is 0. The molecular formula is C12H22N2O. The van der Waals surface area contributed by atoms with Crippen molar-refractivity contribution in [3.8, 4) is 0 Å². The molecule has 2 aliphatic heterocycles. The molecule has 15 heavy (non-hydrogen) atoms. The third kappa shape index (κ3) is 2.79. The molecule has 3 nitrogen and oxygen atoms in total. The Morgan fingerprint density at radius 2 is 1.13 bits per heavy atom. The average molecular weight is 210 g/mol. The van der Waals surface area contributed by atoms with Gasteiger partial charge in [-0.2, -0.15) is 0 Å². The van der Waals surface area contributed by atoms with Crippen molar-refractivity contribution >= 4 is 6.29 Å². The van der Waals surface area contributed by atoms with Gasteiger partial charge in [0, 0.05) is 26.2 Å². The van der Waals surface area contributed by atoms with Crippen LogP contribution in [0.3, 0.4) is 0 Å². The molecule has 0 unspecified atom stereocenters. The summed E-state index contributed by atoms with van der Waals surface area (Å²) in [6, 6.07) is 0. The molecule has 2 aliphatic rings. The van der Waals surface area contributed by atoms with Crippen LogP contribution in [0.5, 0.6) is 0 Å². The van der Waals surface area contributed by atoms with Crippen molar-refractivity contribution in [2.45, 2.75) is 44.7 Å². The Kier molecular flexibility index (Phi) is 4.15. The van der Waals surface area contributed by atoms with E-state index in [2.05, 4.69) is 9.80 Å². The predicted octanol–water partition coefficient (Wildman–Crippen LogP) is 1.48. The molecule has 0 aromatic rings. The van der Waals surface area contributed by atoms with Gasteiger partial charge < -0.3 is 4.79 Å². The summed E-state index contributed by atoms with van der Waals surface area (Å²) in [4.78, 5) is 15.9. The molecule has 0 atom stereocenters. The van der Waals surface area contributed by atoms with Gasteiger partial charge in [-0.3, -0.25) is 9.80 Å². The fourth-order valence-corrected chi connectivity index (χ4v) is 2.77. The third-order valence-corrected chi connectivity index (χ3v) is 3.65. The summed E-state index contributed by atoms with van der Waals surface area (Å²) in [6.45, 7) is 4.44. The molecule has 0 bridgehead atoms. The Hall–Kier alpha value is -0.410. The van der Waals surface area contributed by atoms with Gasteiger partial charge in [0.05, 0.1) is 0 Å². The molecule has 2 fully saturated rings. The van der Waals surface area contributed by atoms with E-state index < -0.39 is 0 Å². The van der Waals surface area contributed by atoms with Gasteiger partial charge in [0.15, 0.2) is 6.29 Å². The first-order valence-corrected chi connectivity index (χ1v) is 6.35. The van der Waals surface area contributed by atoms with E-state index in [0.717, 1.165) is 32.5 Å². The first kappa shape index (κ1) is 11.1. The van der Waals surface area contributed by atoms with E-state index in [4.69, 9.17) is 0 Å². The Balaban J connectivity index is 1.91. The van der Waals surface area contributed by atoms with Crippen molar-refractivity contribution in [3.63, 3.8) is 0 Å². The molecule has 0 amide bonds. The first-order valence-electron chi connectivity index (χ1n) is 6.35. The minimum atomic E-state index is 0.0746. The molecule has 0 radical (unpaired) electrons. The number of aldehydes is 1. The van der Waals surface area contributed by atoms with E-state index in [0.29, 0.717) is 0 Å². The zero-order valence-corrected chi connectivity index (χ0v) is 9.53. The highest BCUT2D eigenvalue weighted by Gasteiger charge is 2.26. The van der Waals surface area contributed by atoms with Gasteiger partial charge in [-0.15, -0.1) is 0 Å². The van der Waals surface area contributed by atoms with Crippen LogP contribution in [-0.4, -0.2) is 48.4 Å². The van der Waals surface area contributed by atoms with Crippen LogP contribution in [0, 0.1) is 0 Å². The molecule has 0 spiro atoms. The van der Waals surface area contributed by atoms with Crippen LogP contribution in [0.25, 0.3) is 0 Å². The summed E-state index contributed by atoms with van der Waals surface area (Å²) in [5.41, 5.74) is 0. The standard InChI is InChI=1S/C12H22N2O/c15-11-12(13-7-3-1-4-8-13)14-9-5-2-6-10-14/h11-12H,1-10H2. The van der Waals surface area contributed by atoms with E-state index >= 15 is 0 Å². The van der Waals surface area contributed by atoms with Gasteiger partial charge >= 0.3 is 0 Å². The molecule has 2 heterocycles. The van der Waals surface area contributed by atoms with Gasteiger partial charge in [0.2, 0.25) is 0 Å². The predicted molar refractivity (Wildman–Crippen MR) is 60.7 cm³/mol. The molecule has 0 aromatic carbocycles. The van der Waals surface area contributed by atoms with Crippen molar-refractivity contribution in [1.82, 2.24) is 9.80 Å². The van der Waals surface area contributed by atoms with Gasteiger partial charge in [0.1, 0.15) is 6.17 Å². The molecule has 86 valence electrons. The number of likely N-dealkylation sites (tertiary alicyclic amines) is 2. The lowest BCUT2D eigenvalue weighted by atomic mass is 10.1. The molecule has 0 aromatic heterocycles. The quantitative estimate of drug-likeness (QED) is 0.659. The average Bonchev–Trinajstić information content (AvgIpc) is 2.33. The number of rotatable bonds is 3. The van der Waals surface area contributed by atoms with E-state index in [1.54, 1.807) is 0 Å². The number of carbonyl (C=O) groups excluding carboxylic acids is 1. The maximum atomic E-state index is 11.2. The summed E-state index contributed by atoms with van der Waals surface area (Å²) in [6.07, 6.45) is 8.94. The van der Waals surface area contributed by atoms with Crippen molar-refractivity contribution in [1.29, 1.82) is 0 Å². The summed E-state index contributed by atoms with van der Waals surface area (Å²) < 4.78 is 0. The zero-order valence-electron chi connectivity index (χ0n) is 9.53. The summed E-state index contributed by atoms with van der Waals surface area (Å²) in [7, 11) is 0. The van der Waals surface area contributed by atoms with Crippen molar-refractivity contribution in [2.75, 3.05) is 26.2 Å². The molecule has 0 saturated carbocycles. The van der Waals surface area contributed by atoms with Crippen molar-refractivity contribution < 1.29 is 4.79 Å². The van der Waals surface area contributed by atoms with Gasteiger partial charge in [-0.25, -0.2) is 0 Å². The molecular weight excluding hydrogens is 188 g/mol. The highest BCUT2D eigenvalue weighted by atomic mass is 16.1. The molecule has 3 heteroatoms. The van der Waals surface area contributed by atoms with Crippen LogP contribution < -0.4 is 0 Å². The normalized spacial score (nSPS) is 25.7. The molecule has 2 rings (SSSR count). The second-order valence-electron chi connectivity index (χ2n) is 4.74. The minimum absolute atomic E-state index is 0.0746. The van der Waals surface area contributed by atoms with E-state index in [1.165, 1.54) is 38.5 Å². The lowest BCUT2D eigenvalue weighted by Gasteiger charge is -2.40. The Labute approximate surface area is 92.4 Å². The Morgan fingerprint density at radius 3 is 1.47 bits per heavy atom. The number of hydrogen-bond acceptors (Lipinski definition) is 3. The maximum absolute atomic E-state index is 11.2. The largest absolute Gasteiger partial charge is 0.300 e. The van der Waals surface area contributed by atoms with Crippen LogP contribution in [0.1, 0.15) is 38.5 Å². The van der Waals surface area contributed by atoms with Crippen LogP contribution in [0.15, 0.2) is 0 Å². The summed E-state index contributed by atoms with van der Waals surface area (Å²) in [5.74, 6) is 0. The molecule has 0 aliphatic carbocycles. The second kappa shape index (κ2) is 5.61. The number of carbonyl (C=O) groups is 1. The lowest BCUT2D eigenvalue weighted by Crippen LogP contribution is -2.52. The first-order chi connectivity index (χ1) is 7.42. The molecule has 2 saturated heterocycles. The van der Waals surface area contributed by atoms with E-state index in [1.807, 2.05) is 0 Å². The minimum Gasteiger partial charge on any atom is -0.300 e. The highest BCUT2D eigenvalue weighted by molar-refractivity contribution is 5.57. The zero-order chi connectivity index (χ0) is 10.5. The topological polar surface area (TPSA) is 23.6 Å². The summed E-state index contributed by atoms with van der Waals surface area (Å²) in [5, 5.41) is 0. The van der Waals surface area contributed by atoms with Gasteiger partial charge in [-0.1, -0.05) is 12.8 Å². The van der Waals surface area contributed by atoms with Crippen molar-refractivity contribution in [2.24, 2.45) is 0 Å². The van der Waals surface area contributed by atoms with Crippen molar-refractivity contribution in [3.05, 3.63) is 0 Å². The lowest BCUT2D eigenvalue weighted by molar-refractivity contribution is -0.120. The Bertz CT molecular complexity index is 178.